The standard InChI is InChI=1S/C9H10ClN3O/c1-6-3-7(10)13-9(4-6)11-8(12-13)5-14-2/h3-4H,5H2,1-2H3. The predicted molar refractivity (Wildman–Crippen MR) is 53.4 cm³/mol. The van der Waals surface area contributed by atoms with Gasteiger partial charge in [-0.25, -0.2) is 9.50 Å². The summed E-state index contributed by atoms with van der Waals surface area (Å²) in [5.41, 5.74) is 1.82. The van der Waals surface area contributed by atoms with Crippen LogP contribution < -0.4 is 0 Å². The van der Waals surface area contributed by atoms with E-state index in [0.717, 1.165) is 11.2 Å². The quantitative estimate of drug-likeness (QED) is 0.712. The van der Waals surface area contributed by atoms with Crippen molar-refractivity contribution in [1.29, 1.82) is 0 Å². The fourth-order valence-electron chi connectivity index (χ4n) is 1.30. The highest BCUT2D eigenvalue weighted by molar-refractivity contribution is 6.29. The molecule has 2 rings (SSSR count). The zero-order chi connectivity index (χ0) is 10.1. The van der Waals surface area contributed by atoms with Crippen LogP contribution in [0, 0.1) is 6.92 Å². The van der Waals surface area contributed by atoms with Crippen molar-refractivity contribution < 1.29 is 4.74 Å². The Morgan fingerprint density at radius 2 is 2.29 bits per heavy atom. The van der Waals surface area contributed by atoms with E-state index in [1.165, 1.54) is 0 Å². The third-order valence-corrected chi connectivity index (χ3v) is 2.12. The summed E-state index contributed by atoms with van der Waals surface area (Å²) in [5, 5.41) is 4.76. The second-order valence-corrected chi connectivity index (χ2v) is 3.47. The van der Waals surface area contributed by atoms with Crippen molar-refractivity contribution in [2.75, 3.05) is 7.11 Å². The molecule has 2 aromatic rings. The lowest BCUT2D eigenvalue weighted by Gasteiger charge is -1.96. The minimum absolute atomic E-state index is 0.400. The smallest absolute Gasteiger partial charge is 0.177 e. The van der Waals surface area contributed by atoms with Crippen molar-refractivity contribution in [2.24, 2.45) is 0 Å². The summed E-state index contributed by atoms with van der Waals surface area (Å²) in [5.74, 6) is 0.639. The molecule has 0 unspecified atom stereocenters. The largest absolute Gasteiger partial charge is 0.377 e. The Morgan fingerprint density at radius 3 is 3.00 bits per heavy atom. The molecule has 0 amide bonds. The molecule has 5 heteroatoms. The van der Waals surface area contributed by atoms with Crippen LogP contribution >= 0.6 is 11.6 Å². The Balaban J connectivity index is 2.58. The number of hydrogen-bond donors (Lipinski definition) is 0. The van der Waals surface area contributed by atoms with E-state index in [1.54, 1.807) is 11.6 Å². The molecule has 0 aliphatic rings. The van der Waals surface area contributed by atoms with Crippen LogP contribution in [0.25, 0.3) is 5.65 Å². The second kappa shape index (κ2) is 3.55. The summed E-state index contributed by atoms with van der Waals surface area (Å²) in [6.07, 6.45) is 0. The lowest BCUT2D eigenvalue weighted by atomic mass is 10.3. The molecule has 2 heterocycles. The van der Waals surface area contributed by atoms with E-state index in [9.17, 15) is 0 Å². The molecule has 74 valence electrons. The Kier molecular flexibility index (Phi) is 2.39. The molecule has 0 bridgehead atoms. The maximum absolute atomic E-state index is 6.00. The SMILES string of the molecule is COCc1nc2cc(C)cc(Cl)n2n1. The summed E-state index contributed by atoms with van der Waals surface area (Å²) >= 11 is 6.00. The van der Waals surface area contributed by atoms with Gasteiger partial charge in [0.2, 0.25) is 0 Å². The fraction of sp³-hybridized carbons (Fsp3) is 0.333. The Hall–Kier alpha value is -1.13. The summed E-state index contributed by atoms with van der Waals surface area (Å²) in [6, 6.07) is 3.78. The van der Waals surface area contributed by atoms with Gasteiger partial charge in [-0.1, -0.05) is 11.6 Å². The zero-order valence-corrected chi connectivity index (χ0v) is 8.75. The van der Waals surface area contributed by atoms with Gasteiger partial charge in [-0.3, -0.25) is 0 Å². The molecule has 0 N–H and O–H groups in total. The van der Waals surface area contributed by atoms with E-state index < -0.39 is 0 Å². The van der Waals surface area contributed by atoms with E-state index in [0.29, 0.717) is 17.6 Å². The first-order valence-corrected chi connectivity index (χ1v) is 4.59. The molecule has 0 saturated heterocycles. The number of aryl methyl sites for hydroxylation is 1. The number of rotatable bonds is 2. The van der Waals surface area contributed by atoms with Gasteiger partial charge in [-0.2, -0.15) is 0 Å². The number of hydrogen-bond acceptors (Lipinski definition) is 3. The summed E-state index contributed by atoms with van der Waals surface area (Å²) in [7, 11) is 1.61. The first kappa shape index (κ1) is 9.43. The third kappa shape index (κ3) is 1.58. The Bertz CT molecular complexity index is 466. The number of nitrogens with zero attached hydrogens (tertiary/aromatic N) is 3. The van der Waals surface area contributed by atoms with E-state index in [1.807, 2.05) is 19.1 Å². The number of fused-ring (bicyclic) bond motifs is 1. The van der Waals surface area contributed by atoms with Crippen molar-refractivity contribution in [1.82, 2.24) is 14.6 Å². The molecule has 0 atom stereocenters. The Morgan fingerprint density at radius 1 is 1.50 bits per heavy atom. The highest BCUT2D eigenvalue weighted by atomic mass is 35.5. The number of aromatic nitrogens is 3. The van der Waals surface area contributed by atoms with Gasteiger partial charge < -0.3 is 4.74 Å². The molecular formula is C9H10ClN3O. The maximum Gasteiger partial charge on any atom is 0.177 e. The van der Waals surface area contributed by atoms with Gasteiger partial charge >= 0.3 is 0 Å². The van der Waals surface area contributed by atoms with E-state index in [4.69, 9.17) is 16.3 Å². The number of halogens is 1. The van der Waals surface area contributed by atoms with Gasteiger partial charge in [-0.05, 0) is 24.6 Å². The second-order valence-electron chi connectivity index (χ2n) is 3.09. The molecule has 4 nitrogen and oxygen atoms in total. The third-order valence-electron chi connectivity index (χ3n) is 1.86. The number of pyridine rings is 1. The van der Waals surface area contributed by atoms with Gasteiger partial charge in [0, 0.05) is 7.11 Å². The topological polar surface area (TPSA) is 39.4 Å². The van der Waals surface area contributed by atoms with Gasteiger partial charge in [0.05, 0.1) is 0 Å². The molecule has 0 aliphatic carbocycles. The minimum Gasteiger partial charge on any atom is -0.377 e. The van der Waals surface area contributed by atoms with E-state index in [-0.39, 0.29) is 0 Å². The van der Waals surface area contributed by atoms with Crippen LogP contribution in [0.15, 0.2) is 12.1 Å². The molecular weight excluding hydrogens is 202 g/mol. The van der Waals surface area contributed by atoms with Crippen LogP contribution in [-0.4, -0.2) is 21.7 Å². The average Bonchev–Trinajstić information content (AvgIpc) is 2.48. The lowest BCUT2D eigenvalue weighted by Crippen LogP contribution is -1.92. The van der Waals surface area contributed by atoms with Gasteiger partial charge in [0.25, 0.3) is 0 Å². The first-order valence-electron chi connectivity index (χ1n) is 4.21. The van der Waals surface area contributed by atoms with Gasteiger partial charge in [0.15, 0.2) is 11.5 Å². The maximum atomic E-state index is 6.00. The monoisotopic (exact) mass is 211 g/mol. The summed E-state index contributed by atoms with van der Waals surface area (Å²) in [4.78, 5) is 4.27. The Labute approximate surface area is 86.5 Å². The van der Waals surface area contributed by atoms with E-state index in [2.05, 4.69) is 10.1 Å². The van der Waals surface area contributed by atoms with Crippen LogP contribution in [0.1, 0.15) is 11.4 Å². The minimum atomic E-state index is 0.400. The molecule has 0 aromatic carbocycles. The van der Waals surface area contributed by atoms with Crippen molar-refractivity contribution in [3.05, 3.63) is 28.7 Å². The highest BCUT2D eigenvalue weighted by Crippen LogP contribution is 2.14. The molecule has 0 aliphatic heterocycles. The van der Waals surface area contributed by atoms with Crippen LogP contribution in [0.5, 0.6) is 0 Å². The number of methoxy groups -OCH3 is 1. The van der Waals surface area contributed by atoms with Gasteiger partial charge in [-0.15, -0.1) is 5.10 Å². The molecule has 0 fully saturated rings. The highest BCUT2D eigenvalue weighted by Gasteiger charge is 2.06. The molecule has 0 saturated carbocycles. The predicted octanol–water partition coefficient (Wildman–Crippen LogP) is 1.84. The lowest BCUT2D eigenvalue weighted by molar-refractivity contribution is 0.178. The first-order chi connectivity index (χ1) is 6.70. The number of ether oxygens (including phenoxy) is 1. The van der Waals surface area contributed by atoms with Crippen LogP contribution in [0.2, 0.25) is 5.15 Å². The van der Waals surface area contributed by atoms with E-state index >= 15 is 0 Å². The van der Waals surface area contributed by atoms with Crippen molar-refractivity contribution in [3.63, 3.8) is 0 Å². The van der Waals surface area contributed by atoms with Crippen LogP contribution in [-0.2, 0) is 11.3 Å². The summed E-state index contributed by atoms with van der Waals surface area (Å²) < 4.78 is 6.55. The van der Waals surface area contributed by atoms with Crippen molar-refractivity contribution in [3.8, 4) is 0 Å². The van der Waals surface area contributed by atoms with Crippen molar-refractivity contribution in [2.45, 2.75) is 13.5 Å². The van der Waals surface area contributed by atoms with Crippen molar-refractivity contribution >= 4 is 17.2 Å². The van der Waals surface area contributed by atoms with Crippen LogP contribution in [0.3, 0.4) is 0 Å². The molecule has 0 spiro atoms. The fourth-order valence-corrected chi connectivity index (χ4v) is 1.60. The average molecular weight is 212 g/mol. The molecule has 2 aromatic heterocycles. The van der Waals surface area contributed by atoms with Gasteiger partial charge in [0.1, 0.15) is 11.8 Å². The zero-order valence-electron chi connectivity index (χ0n) is 7.99. The molecule has 0 radical (unpaired) electrons. The summed E-state index contributed by atoms with van der Waals surface area (Å²) in [6.45, 7) is 2.37. The normalized spacial score (nSPS) is 11.1. The van der Waals surface area contributed by atoms with Crippen LogP contribution in [0.4, 0.5) is 0 Å². The molecule has 14 heavy (non-hydrogen) atoms.